The summed E-state index contributed by atoms with van der Waals surface area (Å²) in [5, 5.41) is 31.1. The predicted octanol–water partition coefficient (Wildman–Crippen LogP) is 4.13. The van der Waals surface area contributed by atoms with E-state index in [0.29, 0.717) is 18.7 Å². The van der Waals surface area contributed by atoms with Crippen LogP contribution in [-0.2, 0) is 23.9 Å². The summed E-state index contributed by atoms with van der Waals surface area (Å²) >= 11 is 0. The first-order chi connectivity index (χ1) is 18.4. The van der Waals surface area contributed by atoms with Crippen molar-refractivity contribution >= 4 is 17.5 Å². The van der Waals surface area contributed by atoms with Gasteiger partial charge < -0.3 is 29.8 Å². The number of hydrogen-bond donors (Lipinski definition) is 3. The van der Waals surface area contributed by atoms with Gasteiger partial charge in [0.2, 0.25) is 0 Å². The fourth-order valence-electron chi connectivity index (χ4n) is 7.30. The summed E-state index contributed by atoms with van der Waals surface area (Å²) < 4.78 is 12.0. The molecule has 2 aliphatic rings. The lowest BCUT2D eigenvalue weighted by molar-refractivity contribution is -0.187. The van der Waals surface area contributed by atoms with Crippen LogP contribution in [0.25, 0.3) is 0 Å². The Balaban J connectivity index is 2.69. The van der Waals surface area contributed by atoms with Gasteiger partial charge in [0.15, 0.2) is 0 Å². The van der Waals surface area contributed by atoms with Crippen molar-refractivity contribution in [3.8, 4) is 0 Å². The molecule has 1 unspecified atom stereocenters. The van der Waals surface area contributed by atoms with Crippen LogP contribution in [0.3, 0.4) is 0 Å². The van der Waals surface area contributed by atoms with Gasteiger partial charge in [-0.3, -0.25) is 9.59 Å². The first-order valence-electron chi connectivity index (χ1n) is 15.1. The van der Waals surface area contributed by atoms with E-state index in [9.17, 15) is 19.8 Å². The number of oxime groups is 1. The molecule has 2 rings (SSSR count). The average Bonchev–Trinajstić information content (AvgIpc) is 2.89. The standard InChI is InChI=1S/C31H56N2O7/c1-12-23-31(10,37)27(35)19(3)24(33-40-22-14-13-15-32-17-22)18(2)16-30(9,38-11)26(29(6,7)8)20(4)25(34)21(5)28(36)39-23/h18-23,26-27,32,35,37H,12-17H2,1-11H3/b33-24+/t18-,19+,20+,21-,22?,23-,26+,27-,30-,31-/m1/s1. The molecule has 2 saturated heterocycles. The van der Waals surface area contributed by atoms with E-state index in [2.05, 4.69) is 31.2 Å². The molecular formula is C31H56N2O7. The summed E-state index contributed by atoms with van der Waals surface area (Å²) in [6.07, 6.45) is 0.182. The van der Waals surface area contributed by atoms with Gasteiger partial charge in [0.05, 0.1) is 17.4 Å². The molecule has 0 aromatic heterocycles. The second-order valence-corrected chi connectivity index (χ2v) is 13.8. The van der Waals surface area contributed by atoms with Gasteiger partial charge in [-0.15, -0.1) is 0 Å². The maximum Gasteiger partial charge on any atom is 0.316 e. The van der Waals surface area contributed by atoms with Gasteiger partial charge in [-0.05, 0) is 58.4 Å². The molecule has 2 fully saturated rings. The third-order valence-corrected chi connectivity index (χ3v) is 9.38. The molecule has 10 atom stereocenters. The van der Waals surface area contributed by atoms with Crippen LogP contribution in [-0.4, -0.2) is 77.4 Å². The number of methoxy groups -OCH3 is 1. The van der Waals surface area contributed by atoms with Crippen molar-refractivity contribution in [2.24, 2.45) is 40.2 Å². The van der Waals surface area contributed by atoms with Crippen LogP contribution >= 0.6 is 0 Å². The van der Waals surface area contributed by atoms with Crippen LogP contribution in [0.1, 0.15) is 94.9 Å². The SMILES string of the molecule is CC[C@H]1OC(=O)[C@H](C)C(=O)[C@H](C)[C@@H](C(C)(C)C)[C@](C)(OC)C[C@@H](C)/C(=N\OC2CCCNC2)[C@H](C)[C@@H](O)[C@]1(C)O. The van der Waals surface area contributed by atoms with E-state index < -0.39 is 47.1 Å². The maximum absolute atomic E-state index is 13.8. The zero-order valence-corrected chi connectivity index (χ0v) is 26.7. The average molecular weight is 569 g/mol. The third-order valence-electron chi connectivity index (χ3n) is 9.38. The summed E-state index contributed by atoms with van der Waals surface area (Å²) in [7, 11) is 1.65. The number of hydrogen-bond acceptors (Lipinski definition) is 9. The Morgan fingerprint density at radius 1 is 1.12 bits per heavy atom. The molecule has 0 spiro atoms. The maximum atomic E-state index is 13.8. The minimum absolute atomic E-state index is 0.0917. The van der Waals surface area contributed by atoms with Crippen molar-refractivity contribution in [1.82, 2.24) is 5.32 Å². The zero-order chi connectivity index (χ0) is 30.6. The highest BCUT2D eigenvalue weighted by atomic mass is 16.6. The van der Waals surface area contributed by atoms with E-state index >= 15 is 0 Å². The van der Waals surface area contributed by atoms with Gasteiger partial charge >= 0.3 is 5.97 Å². The van der Waals surface area contributed by atoms with Gasteiger partial charge in [-0.25, -0.2) is 0 Å². The van der Waals surface area contributed by atoms with Gasteiger partial charge in [0, 0.05) is 37.3 Å². The zero-order valence-electron chi connectivity index (χ0n) is 26.7. The summed E-state index contributed by atoms with van der Waals surface area (Å²) in [6.45, 7) is 20.4. The summed E-state index contributed by atoms with van der Waals surface area (Å²) in [5.41, 5.74) is -2.33. The van der Waals surface area contributed by atoms with Crippen molar-refractivity contribution in [2.45, 2.75) is 124 Å². The predicted molar refractivity (Wildman–Crippen MR) is 156 cm³/mol. The monoisotopic (exact) mass is 568 g/mol. The number of carbonyl (C=O) groups is 2. The first kappa shape index (κ1) is 34.7. The topological polar surface area (TPSA) is 127 Å². The largest absolute Gasteiger partial charge is 0.459 e. The van der Waals surface area contributed by atoms with E-state index in [1.54, 1.807) is 21.0 Å². The quantitative estimate of drug-likeness (QED) is 0.263. The molecule has 0 saturated carbocycles. The molecule has 9 heteroatoms. The number of Topliss-reactive ketones (excluding diaryl/α,β-unsaturated/α-hetero) is 1. The van der Waals surface area contributed by atoms with Crippen molar-refractivity contribution in [2.75, 3.05) is 20.2 Å². The molecule has 0 aromatic rings. The molecule has 0 aromatic carbocycles. The highest BCUT2D eigenvalue weighted by molar-refractivity contribution is 6.00. The van der Waals surface area contributed by atoms with E-state index in [-0.39, 0.29) is 35.6 Å². The Labute approximate surface area is 241 Å². The van der Waals surface area contributed by atoms with Crippen molar-refractivity contribution in [1.29, 1.82) is 0 Å². The van der Waals surface area contributed by atoms with E-state index in [0.717, 1.165) is 19.4 Å². The Hall–Kier alpha value is -1.55. The lowest BCUT2D eigenvalue weighted by atomic mass is 9.61. The highest BCUT2D eigenvalue weighted by Gasteiger charge is 2.51. The number of rotatable bonds is 4. The summed E-state index contributed by atoms with van der Waals surface area (Å²) in [5.74, 6) is -3.59. The number of ether oxygens (including phenoxy) is 2. The van der Waals surface area contributed by atoms with Gasteiger partial charge in [0.25, 0.3) is 0 Å². The van der Waals surface area contributed by atoms with Crippen LogP contribution < -0.4 is 5.32 Å². The number of aliphatic hydroxyl groups is 2. The lowest BCUT2D eigenvalue weighted by Crippen LogP contribution is -2.57. The van der Waals surface area contributed by atoms with Crippen LogP contribution in [0.5, 0.6) is 0 Å². The molecule has 0 radical (unpaired) electrons. The van der Waals surface area contributed by atoms with Crippen LogP contribution in [0.4, 0.5) is 0 Å². The lowest BCUT2D eigenvalue weighted by Gasteiger charge is -2.49. The molecule has 3 N–H and O–H groups in total. The minimum atomic E-state index is -1.80. The molecule has 2 aliphatic heterocycles. The Kier molecular flexibility index (Phi) is 11.8. The number of esters is 1. The Bertz CT molecular complexity index is 893. The van der Waals surface area contributed by atoms with Gasteiger partial charge in [-0.2, -0.15) is 0 Å². The summed E-state index contributed by atoms with van der Waals surface area (Å²) in [4.78, 5) is 33.0. The Morgan fingerprint density at radius 2 is 1.75 bits per heavy atom. The van der Waals surface area contributed by atoms with E-state index in [1.165, 1.54) is 6.92 Å². The first-order valence-corrected chi connectivity index (χ1v) is 15.1. The fraction of sp³-hybridized carbons (Fsp3) is 0.903. The Morgan fingerprint density at radius 3 is 2.25 bits per heavy atom. The smallest absolute Gasteiger partial charge is 0.316 e. The minimum Gasteiger partial charge on any atom is -0.459 e. The van der Waals surface area contributed by atoms with Crippen molar-refractivity contribution in [3.63, 3.8) is 0 Å². The van der Waals surface area contributed by atoms with Crippen LogP contribution in [0, 0.1) is 35.0 Å². The molecule has 0 aliphatic carbocycles. The fourth-order valence-corrected chi connectivity index (χ4v) is 7.30. The molecule has 2 heterocycles. The molecular weight excluding hydrogens is 512 g/mol. The molecule has 9 nitrogen and oxygen atoms in total. The number of piperidine rings is 1. The van der Waals surface area contributed by atoms with E-state index in [1.807, 2.05) is 27.7 Å². The highest BCUT2D eigenvalue weighted by Crippen LogP contribution is 2.46. The van der Waals surface area contributed by atoms with Crippen molar-refractivity contribution < 1.29 is 34.1 Å². The normalized spacial score (nSPS) is 42.3. The molecule has 0 amide bonds. The molecule has 40 heavy (non-hydrogen) atoms. The number of ketones is 1. The number of nitrogens with zero attached hydrogens (tertiary/aromatic N) is 1. The second kappa shape index (κ2) is 13.6. The van der Waals surface area contributed by atoms with Crippen LogP contribution in [0.2, 0.25) is 0 Å². The van der Waals surface area contributed by atoms with E-state index in [4.69, 9.17) is 14.3 Å². The summed E-state index contributed by atoms with van der Waals surface area (Å²) in [6, 6.07) is 0. The van der Waals surface area contributed by atoms with Crippen molar-refractivity contribution in [3.05, 3.63) is 0 Å². The second-order valence-electron chi connectivity index (χ2n) is 13.8. The van der Waals surface area contributed by atoms with Crippen LogP contribution in [0.15, 0.2) is 5.16 Å². The van der Waals surface area contributed by atoms with Gasteiger partial charge in [0.1, 0.15) is 29.5 Å². The van der Waals surface area contributed by atoms with Gasteiger partial charge in [-0.1, -0.05) is 53.6 Å². The number of nitrogens with one attached hydrogen (secondary N) is 1. The third kappa shape index (κ3) is 7.64. The molecule has 0 bridgehead atoms. The number of aliphatic hydroxyl groups excluding tert-OH is 1. The number of cyclic esters (lactones) is 1. The number of carbonyl (C=O) groups excluding carboxylic acids is 2. The molecule has 232 valence electrons.